The molecule has 0 radical (unpaired) electrons. The summed E-state index contributed by atoms with van der Waals surface area (Å²) in [4.78, 5) is 10.5. The van der Waals surface area contributed by atoms with Crippen LogP contribution in [0.15, 0.2) is 21.2 Å². The number of carbonyl (C=O) groups is 1. The number of hydrogen-bond donors (Lipinski definition) is 2. The van der Waals surface area contributed by atoms with E-state index in [9.17, 15) is 4.79 Å². The highest BCUT2D eigenvalue weighted by Gasteiger charge is 2.28. The molecular weight excluding hydrogens is 238 g/mol. The summed E-state index contributed by atoms with van der Waals surface area (Å²) < 4.78 is 5.85. The quantitative estimate of drug-likeness (QED) is 0.853. The predicted molar refractivity (Wildman–Crippen MR) is 50.2 cm³/mol. The molecule has 1 atom stereocenters. The van der Waals surface area contributed by atoms with E-state index in [1.54, 1.807) is 13.0 Å². The fourth-order valence-corrected chi connectivity index (χ4v) is 1.32. The molecule has 0 fully saturated rings. The average Bonchev–Trinajstić information content (AvgIpc) is 2.32. The molecule has 0 aromatic carbocycles. The Morgan fingerprint density at radius 3 is 2.85 bits per heavy atom. The summed E-state index contributed by atoms with van der Waals surface area (Å²) in [5.41, 5.74) is 4.80. The molecule has 1 aromatic rings. The molecule has 0 amide bonds. The van der Waals surface area contributed by atoms with Gasteiger partial charge in [-0.25, -0.2) is 0 Å². The molecule has 1 rings (SSSR count). The lowest BCUT2D eigenvalue weighted by Gasteiger charge is -2.18. The summed E-state index contributed by atoms with van der Waals surface area (Å²) in [7, 11) is 0. The number of furan rings is 1. The lowest BCUT2D eigenvalue weighted by molar-refractivity contribution is -0.138. The van der Waals surface area contributed by atoms with E-state index in [1.165, 1.54) is 6.26 Å². The number of aliphatic carboxylic acids is 1. The van der Waals surface area contributed by atoms with E-state index in [0.717, 1.165) is 4.47 Å². The molecule has 0 saturated heterocycles. The second-order valence-electron chi connectivity index (χ2n) is 3.12. The summed E-state index contributed by atoms with van der Waals surface area (Å²) in [5.74, 6) is -0.487. The molecule has 1 aromatic heterocycles. The van der Waals surface area contributed by atoms with Crippen LogP contribution in [0.1, 0.15) is 19.1 Å². The number of carboxylic acids is 1. The van der Waals surface area contributed by atoms with Crippen molar-refractivity contribution in [2.24, 2.45) is 5.73 Å². The van der Waals surface area contributed by atoms with Crippen LogP contribution in [0.5, 0.6) is 0 Å². The van der Waals surface area contributed by atoms with E-state index in [-0.39, 0.29) is 6.42 Å². The highest BCUT2D eigenvalue weighted by atomic mass is 79.9. The fourth-order valence-electron chi connectivity index (χ4n) is 1.01. The summed E-state index contributed by atoms with van der Waals surface area (Å²) in [6.07, 6.45) is 1.31. The smallest absolute Gasteiger partial charge is 0.305 e. The maximum Gasteiger partial charge on any atom is 0.305 e. The van der Waals surface area contributed by atoms with E-state index in [1.807, 2.05) is 0 Å². The number of rotatable bonds is 3. The summed E-state index contributed by atoms with van der Waals surface area (Å²) in [6, 6.07) is 1.67. The highest BCUT2D eigenvalue weighted by molar-refractivity contribution is 9.10. The first-order valence-corrected chi connectivity index (χ1v) is 4.46. The minimum absolute atomic E-state index is 0.160. The van der Waals surface area contributed by atoms with Gasteiger partial charge in [0, 0.05) is 0 Å². The predicted octanol–water partition coefficient (Wildman–Crippen LogP) is 1.69. The Labute approximate surface area is 83.8 Å². The van der Waals surface area contributed by atoms with Crippen molar-refractivity contribution in [2.75, 3.05) is 0 Å². The van der Waals surface area contributed by atoms with E-state index in [2.05, 4.69) is 15.9 Å². The lowest BCUT2D eigenvalue weighted by atomic mass is 9.96. The van der Waals surface area contributed by atoms with Crippen molar-refractivity contribution >= 4 is 21.9 Å². The van der Waals surface area contributed by atoms with Crippen LogP contribution in [-0.2, 0) is 10.3 Å². The van der Waals surface area contributed by atoms with Gasteiger partial charge in [-0.15, -0.1) is 0 Å². The lowest BCUT2D eigenvalue weighted by Crippen LogP contribution is -2.35. The number of hydrogen-bond acceptors (Lipinski definition) is 3. The van der Waals surface area contributed by atoms with Gasteiger partial charge in [-0.3, -0.25) is 4.79 Å². The largest absolute Gasteiger partial charge is 0.481 e. The van der Waals surface area contributed by atoms with Gasteiger partial charge in [0.2, 0.25) is 0 Å². The topological polar surface area (TPSA) is 76.5 Å². The van der Waals surface area contributed by atoms with Crippen molar-refractivity contribution in [3.8, 4) is 0 Å². The Kier molecular flexibility index (Phi) is 2.77. The molecule has 72 valence electrons. The van der Waals surface area contributed by atoms with Gasteiger partial charge in [0.15, 0.2) is 0 Å². The highest BCUT2D eigenvalue weighted by Crippen LogP contribution is 2.25. The number of halogens is 1. The third-order valence-corrected chi connectivity index (χ3v) is 2.06. The molecule has 0 saturated carbocycles. The number of nitrogens with two attached hydrogens (primary N) is 1. The molecule has 4 nitrogen and oxygen atoms in total. The minimum Gasteiger partial charge on any atom is -0.481 e. The van der Waals surface area contributed by atoms with Crippen LogP contribution in [0.4, 0.5) is 0 Å². The third-order valence-electron chi connectivity index (χ3n) is 1.65. The van der Waals surface area contributed by atoms with Gasteiger partial charge >= 0.3 is 5.97 Å². The SMILES string of the molecule is C[C@](N)(CC(=O)O)c1cc(Br)co1. The Bertz CT molecular complexity index is 319. The van der Waals surface area contributed by atoms with Crippen molar-refractivity contribution in [3.05, 3.63) is 22.6 Å². The third kappa shape index (κ3) is 2.57. The second kappa shape index (κ2) is 3.51. The Morgan fingerprint density at radius 2 is 2.46 bits per heavy atom. The van der Waals surface area contributed by atoms with Gasteiger partial charge in [0.1, 0.15) is 12.0 Å². The first-order valence-electron chi connectivity index (χ1n) is 3.67. The summed E-state index contributed by atoms with van der Waals surface area (Å²) in [5, 5.41) is 8.58. The zero-order valence-corrected chi connectivity index (χ0v) is 8.67. The average molecular weight is 248 g/mol. The van der Waals surface area contributed by atoms with Crippen LogP contribution in [-0.4, -0.2) is 11.1 Å². The maximum atomic E-state index is 10.5. The minimum atomic E-state index is -0.960. The standard InChI is InChI=1S/C8H10BrNO3/c1-8(10,3-7(11)12)6-2-5(9)4-13-6/h2,4H,3,10H2,1H3,(H,11,12)/t8-/m0/s1. The monoisotopic (exact) mass is 247 g/mol. The molecule has 1 heterocycles. The molecule has 0 spiro atoms. The molecule has 0 aliphatic carbocycles. The molecule has 0 unspecified atom stereocenters. The first kappa shape index (κ1) is 10.3. The van der Waals surface area contributed by atoms with Crippen LogP contribution >= 0.6 is 15.9 Å². The van der Waals surface area contributed by atoms with Crippen molar-refractivity contribution in [1.29, 1.82) is 0 Å². The first-order chi connectivity index (χ1) is 5.92. The van der Waals surface area contributed by atoms with Crippen LogP contribution < -0.4 is 5.73 Å². The second-order valence-corrected chi connectivity index (χ2v) is 4.03. The van der Waals surface area contributed by atoms with Gasteiger partial charge in [-0.05, 0) is 28.9 Å². The zero-order valence-electron chi connectivity index (χ0n) is 7.08. The summed E-state index contributed by atoms with van der Waals surface area (Å²) >= 11 is 3.19. The van der Waals surface area contributed by atoms with Gasteiger partial charge in [-0.2, -0.15) is 0 Å². The molecule has 5 heteroatoms. The van der Waals surface area contributed by atoms with Crippen molar-refractivity contribution < 1.29 is 14.3 Å². The van der Waals surface area contributed by atoms with Gasteiger partial charge in [0.05, 0.1) is 16.4 Å². The van der Waals surface area contributed by atoms with E-state index in [0.29, 0.717) is 5.76 Å². The van der Waals surface area contributed by atoms with Crippen LogP contribution in [0, 0.1) is 0 Å². The molecule has 0 aliphatic heterocycles. The normalized spacial score (nSPS) is 15.3. The van der Waals surface area contributed by atoms with Crippen molar-refractivity contribution in [2.45, 2.75) is 18.9 Å². The molecule has 0 aliphatic rings. The van der Waals surface area contributed by atoms with E-state index in [4.69, 9.17) is 15.3 Å². The van der Waals surface area contributed by atoms with Gasteiger partial charge in [-0.1, -0.05) is 0 Å². The number of carboxylic acid groups (broad SMARTS) is 1. The van der Waals surface area contributed by atoms with Crippen LogP contribution in [0.25, 0.3) is 0 Å². The Balaban J connectivity index is 2.86. The zero-order chi connectivity index (χ0) is 10.1. The van der Waals surface area contributed by atoms with Crippen molar-refractivity contribution in [1.82, 2.24) is 0 Å². The van der Waals surface area contributed by atoms with Gasteiger partial charge < -0.3 is 15.3 Å². The summed E-state index contributed by atoms with van der Waals surface area (Å²) in [6.45, 7) is 1.62. The molecular formula is C8H10BrNO3. The Morgan fingerprint density at radius 1 is 1.85 bits per heavy atom. The van der Waals surface area contributed by atoms with Crippen LogP contribution in [0.3, 0.4) is 0 Å². The molecule has 0 bridgehead atoms. The van der Waals surface area contributed by atoms with E-state index >= 15 is 0 Å². The van der Waals surface area contributed by atoms with Crippen molar-refractivity contribution in [3.63, 3.8) is 0 Å². The molecule has 3 N–H and O–H groups in total. The molecule has 13 heavy (non-hydrogen) atoms. The maximum absolute atomic E-state index is 10.5. The van der Waals surface area contributed by atoms with Gasteiger partial charge in [0.25, 0.3) is 0 Å². The van der Waals surface area contributed by atoms with E-state index < -0.39 is 11.5 Å². The fraction of sp³-hybridized carbons (Fsp3) is 0.375. The Hall–Kier alpha value is -0.810. The van der Waals surface area contributed by atoms with Crippen LogP contribution in [0.2, 0.25) is 0 Å².